The fraction of sp³-hybridized carbons (Fsp3) is 0.111. The van der Waals surface area contributed by atoms with Crippen molar-refractivity contribution < 1.29 is 13.6 Å². The lowest BCUT2D eigenvalue weighted by atomic mass is 10.3. The zero-order valence-corrected chi connectivity index (χ0v) is 7.05. The van der Waals surface area contributed by atoms with Gasteiger partial charge in [-0.25, -0.2) is 8.78 Å². The molecule has 0 saturated heterocycles. The van der Waals surface area contributed by atoms with Crippen LogP contribution >= 0.6 is 0 Å². The summed E-state index contributed by atoms with van der Waals surface area (Å²) in [6.45, 7) is 0. The second kappa shape index (κ2) is 4.33. The average Bonchev–Trinajstić information content (AvgIpc) is 2.12. The summed E-state index contributed by atoms with van der Waals surface area (Å²) in [6, 6.07) is 4.79. The second-order valence-electron chi connectivity index (χ2n) is 2.48. The predicted molar refractivity (Wildman–Crippen MR) is 45.2 cm³/mol. The van der Waals surface area contributed by atoms with Crippen LogP contribution in [0.15, 0.2) is 18.2 Å². The van der Waals surface area contributed by atoms with Crippen molar-refractivity contribution in [2.45, 2.75) is 6.42 Å². The van der Waals surface area contributed by atoms with Gasteiger partial charge >= 0.3 is 0 Å². The fourth-order valence-corrected chi connectivity index (χ4v) is 0.873. The molecule has 0 bridgehead atoms. The third kappa shape index (κ3) is 2.26. The van der Waals surface area contributed by atoms with Crippen molar-refractivity contribution in [3.63, 3.8) is 0 Å². The Bertz CT molecular complexity index is 378. The quantitative estimate of drug-likeness (QED) is 0.784. The van der Waals surface area contributed by atoms with Gasteiger partial charge in [-0.3, -0.25) is 4.79 Å². The molecule has 1 N–H and O–H groups in total. The molecule has 0 spiro atoms. The number of nitrogens with one attached hydrogen (secondary N) is 1. The molecule has 0 saturated carbocycles. The number of hydrogen-bond donors (Lipinski definition) is 1. The Hall–Kier alpha value is -1.96. The summed E-state index contributed by atoms with van der Waals surface area (Å²) >= 11 is 0. The van der Waals surface area contributed by atoms with Gasteiger partial charge in [0.1, 0.15) is 23.7 Å². The molecule has 0 unspecified atom stereocenters. The minimum atomic E-state index is -0.865. The Balaban J connectivity index is 2.87. The Labute approximate surface area is 79.0 Å². The van der Waals surface area contributed by atoms with Gasteiger partial charge in [-0.15, -0.1) is 0 Å². The number of halogens is 2. The number of carbonyl (C=O) groups is 1. The van der Waals surface area contributed by atoms with E-state index in [1.807, 2.05) is 5.32 Å². The van der Waals surface area contributed by atoms with Crippen LogP contribution in [0, 0.1) is 23.0 Å². The number of rotatable bonds is 2. The van der Waals surface area contributed by atoms with Crippen LogP contribution in [0.4, 0.5) is 14.5 Å². The second-order valence-corrected chi connectivity index (χ2v) is 2.48. The van der Waals surface area contributed by atoms with Crippen molar-refractivity contribution in [3.05, 3.63) is 29.8 Å². The van der Waals surface area contributed by atoms with E-state index >= 15 is 0 Å². The van der Waals surface area contributed by atoms with Gasteiger partial charge in [-0.05, 0) is 12.1 Å². The van der Waals surface area contributed by atoms with Gasteiger partial charge in [0.05, 0.1) is 6.07 Å². The summed E-state index contributed by atoms with van der Waals surface area (Å²) in [6.07, 6.45) is -0.437. The average molecular weight is 196 g/mol. The SMILES string of the molecule is N#CCC(=O)Nc1c(F)cccc1F. The number of carbonyl (C=O) groups excluding carboxylic acids is 1. The van der Waals surface area contributed by atoms with E-state index in [9.17, 15) is 13.6 Å². The Morgan fingerprint density at radius 1 is 1.43 bits per heavy atom. The number of benzene rings is 1. The van der Waals surface area contributed by atoms with Gasteiger partial charge in [0, 0.05) is 0 Å². The minimum Gasteiger partial charge on any atom is -0.320 e. The van der Waals surface area contributed by atoms with Gasteiger partial charge in [0.2, 0.25) is 5.91 Å². The lowest BCUT2D eigenvalue weighted by Gasteiger charge is -2.04. The first-order valence-electron chi connectivity index (χ1n) is 3.76. The number of nitriles is 1. The number of amides is 1. The van der Waals surface area contributed by atoms with Crippen molar-refractivity contribution >= 4 is 11.6 Å². The molecule has 0 atom stereocenters. The van der Waals surface area contributed by atoms with E-state index in [-0.39, 0.29) is 0 Å². The smallest absolute Gasteiger partial charge is 0.238 e. The maximum absolute atomic E-state index is 12.9. The molecule has 0 aliphatic heterocycles. The molecule has 0 aliphatic rings. The molecule has 1 aromatic rings. The number of para-hydroxylation sites is 1. The number of nitrogens with zero attached hydrogens (tertiary/aromatic N) is 1. The Kier molecular flexibility index (Phi) is 3.13. The van der Waals surface area contributed by atoms with Gasteiger partial charge in [-0.1, -0.05) is 6.07 Å². The molecular weight excluding hydrogens is 190 g/mol. The van der Waals surface area contributed by atoms with Crippen molar-refractivity contribution in [1.82, 2.24) is 0 Å². The van der Waals surface area contributed by atoms with E-state index in [2.05, 4.69) is 0 Å². The van der Waals surface area contributed by atoms with Crippen LogP contribution in [-0.4, -0.2) is 5.91 Å². The molecular formula is C9H6F2N2O. The first-order chi connectivity index (χ1) is 6.65. The highest BCUT2D eigenvalue weighted by atomic mass is 19.1. The van der Waals surface area contributed by atoms with Crippen LogP contribution in [0.1, 0.15) is 6.42 Å². The molecule has 5 heteroatoms. The first-order valence-corrected chi connectivity index (χ1v) is 3.76. The number of anilines is 1. The highest BCUT2D eigenvalue weighted by Crippen LogP contribution is 2.17. The molecule has 1 amide bonds. The van der Waals surface area contributed by atoms with Crippen molar-refractivity contribution in [3.8, 4) is 6.07 Å². The highest BCUT2D eigenvalue weighted by Gasteiger charge is 2.10. The van der Waals surface area contributed by atoms with Crippen LogP contribution in [0.2, 0.25) is 0 Å². The predicted octanol–water partition coefficient (Wildman–Crippen LogP) is 1.82. The maximum atomic E-state index is 12.9. The van der Waals surface area contributed by atoms with E-state index in [0.717, 1.165) is 12.1 Å². The molecule has 14 heavy (non-hydrogen) atoms. The molecule has 0 aromatic heterocycles. The summed E-state index contributed by atoms with van der Waals surface area (Å²) in [7, 11) is 0. The summed E-state index contributed by atoms with van der Waals surface area (Å²) in [4.78, 5) is 10.8. The monoisotopic (exact) mass is 196 g/mol. The third-order valence-corrected chi connectivity index (χ3v) is 1.47. The van der Waals surface area contributed by atoms with Gasteiger partial charge < -0.3 is 5.32 Å². The Morgan fingerprint density at radius 2 is 2.00 bits per heavy atom. The van der Waals surface area contributed by atoms with Crippen molar-refractivity contribution in [2.24, 2.45) is 0 Å². The van der Waals surface area contributed by atoms with Crippen LogP contribution in [0.25, 0.3) is 0 Å². The van der Waals surface area contributed by atoms with E-state index < -0.39 is 29.6 Å². The molecule has 0 aliphatic carbocycles. The number of hydrogen-bond acceptors (Lipinski definition) is 2. The molecule has 72 valence electrons. The van der Waals surface area contributed by atoms with Crippen molar-refractivity contribution in [1.29, 1.82) is 5.26 Å². The topological polar surface area (TPSA) is 52.9 Å². The van der Waals surface area contributed by atoms with E-state index in [1.54, 1.807) is 6.07 Å². The molecule has 3 nitrogen and oxygen atoms in total. The Morgan fingerprint density at radius 3 is 2.50 bits per heavy atom. The summed E-state index contributed by atoms with van der Waals surface area (Å²) in [5, 5.41) is 10.1. The lowest BCUT2D eigenvalue weighted by Crippen LogP contribution is -2.12. The van der Waals surface area contributed by atoms with Gasteiger partial charge in [-0.2, -0.15) is 5.26 Å². The van der Waals surface area contributed by atoms with Crippen LogP contribution in [-0.2, 0) is 4.79 Å². The molecule has 0 radical (unpaired) electrons. The largest absolute Gasteiger partial charge is 0.320 e. The minimum absolute atomic E-state index is 0.437. The van der Waals surface area contributed by atoms with Crippen LogP contribution in [0.3, 0.4) is 0 Å². The molecule has 1 aromatic carbocycles. The van der Waals surface area contributed by atoms with E-state index in [4.69, 9.17) is 5.26 Å². The first kappa shape index (κ1) is 10.1. The lowest BCUT2D eigenvalue weighted by molar-refractivity contribution is -0.115. The van der Waals surface area contributed by atoms with Gasteiger partial charge in [0.15, 0.2) is 0 Å². The zero-order chi connectivity index (χ0) is 10.6. The van der Waals surface area contributed by atoms with Gasteiger partial charge in [0.25, 0.3) is 0 Å². The third-order valence-electron chi connectivity index (χ3n) is 1.47. The highest BCUT2D eigenvalue weighted by molar-refractivity contribution is 5.92. The van der Waals surface area contributed by atoms with E-state index in [0.29, 0.717) is 0 Å². The van der Waals surface area contributed by atoms with Crippen LogP contribution in [0.5, 0.6) is 0 Å². The molecule has 1 rings (SSSR count). The normalized spacial score (nSPS) is 9.21. The fourth-order valence-electron chi connectivity index (χ4n) is 0.873. The standard InChI is InChI=1S/C9H6F2N2O/c10-6-2-1-3-7(11)9(6)13-8(14)4-5-12/h1-3H,4H2,(H,13,14). The maximum Gasteiger partial charge on any atom is 0.238 e. The van der Waals surface area contributed by atoms with Crippen molar-refractivity contribution in [2.75, 3.05) is 5.32 Å². The molecule has 0 heterocycles. The summed E-state index contributed by atoms with van der Waals surface area (Å²) in [5.74, 6) is -2.47. The van der Waals surface area contributed by atoms with Crippen LogP contribution < -0.4 is 5.32 Å². The summed E-state index contributed by atoms with van der Waals surface area (Å²) in [5.41, 5.74) is -0.521. The zero-order valence-electron chi connectivity index (χ0n) is 7.05. The summed E-state index contributed by atoms with van der Waals surface area (Å²) < 4.78 is 25.8. The molecule has 0 fully saturated rings. The van der Waals surface area contributed by atoms with E-state index in [1.165, 1.54) is 6.07 Å².